The molecule has 7 nitrogen and oxygen atoms in total. The summed E-state index contributed by atoms with van der Waals surface area (Å²) in [5.41, 5.74) is 0.0381. The Morgan fingerprint density at radius 3 is 2.54 bits per heavy atom. The lowest BCUT2D eigenvalue weighted by Gasteiger charge is -2.45. The summed E-state index contributed by atoms with van der Waals surface area (Å²) in [6.45, 7) is 15.8. The highest BCUT2D eigenvalue weighted by atomic mass is 127. The molecule has 2 aliphatic rings. The fourth-order valence-electron chi connectivity index (χ4n) is 3.65. The molecule has 2 N–H and O–H groups in total. The summed E-state index contributed by atoms with van der Waals surface area (Å²) in [7, 11) is 1.82. The van der Waals surface area contributed by atoms with E-state index in [0.29, 0.717) is 5.92 Å². The molecule has 0 aromatic rings. The van der Waals surface area contributed by atoms with Crippen molar-refractivity contribution in [3.63, 3.8) is 0 Å². The Balaban J connectivity index is 0.00000392. The molecule has 2 saturated heterocycles. The summed E-state index contributed by atoms with van der Waals surface area (Å²) >= 11 is 0. The molecule has 0 aromatic carbocycles. The van der Waals surface area contributed by atoms with Gasteiger partial charge in [-0.2, -0.15) is 0 Å². The zero-order chi connectivity index (χ0) is 19.7. The molecule has 0 aromatic heterocycles. The van der Waals surface area contributed by atoms with Crippen molar-refractivity contribution >= 4 is 29.9 Å². The van der Waals surface area contributed by atoms with E-state index in [0.717, 1.165) is 71.4 Å². The van der Waals surface area contributed by atoms with Gasteiger partial charge >= 0.3 is 0 Å². The number of guanidine groups is 1. The smallest absolute Gasteiger partial charge is 0.191 e. The number of halogens is 1. The van der Waals surface area contributed by atoms with Gasteiger partial charge in [0.2, 0.25) is 0 Å². The van der Waals surface area contributed by atoms with E-state index in [2.05, 4.69) is 48.2 Å². The molecule has 2 fully saturated rings. The SMILES string of the molecule is CN=C(NCCCOCC1CCOC1)NCC(C)(C)N1CC(C)OC(C)C1.I. The molecule has 0 radical (unpaired) electrons. The lowest BCUT2D eigenvalue weighted by molar-refractivity contribution is -0.0946. The van der Waals surface area contributed by atoms with E-state index >= 15 is 0 Å². The van der Waals surface area contributed by atoms with E-state index < -0.39 is 0 Å². The minimum atomic E-state index is 0. The number of aliphatic imine (C=N–C) groups is 1. The van der Waals surface area contributed by atoms with Gasteiger partial charge in [-0.1, -0.05) is 0 Å². The first-order valence-corrected chi connectivity index (χ1v) is 10.4. The average Bonchev–Trinajstić information content (AvgIpc) is 3.13. The fourth-order valence-corrected chi connectivity index (χ4v) is 3.65. The quantitative estimate of drug-likeness (QED) is 0.214. The van der Waals surface area contributed by atoms with Crippen LogP contribution in [0.3, 0.4) is 0 Å². The van der Waals surface area contributed by atoms with Gasteiger partial charge in [0, 0.05) is 57.9 Å². The van der Waals surface area contributed by atoms with Crippen LogP contribution >= 0.6 is 24.0 Å². The number of nitrogens with one attached hydrogen (secondary N) is 2. The third-order valence-electron chi connectivity index (χ3n) is 5.32. The summed E-state index contributed by atoms with van der Waals surface area (Å²) < 4.78 is 17.0. The van der Waals surface area contributed by atoms with Crippen molar-refractivity contribution in [1.29, 1.82) is 0 Å². The van der Waals surface area contributed by atoms with Gasteiger partial charge in [-0.3, -0.25) is 9.89 Å². The Kier molecular flexibility index (Phi) is 12.2. The third kappa shape index (κ3) is 9.11. The van der Waals surface area contributed by atoms with Crippen molar-refractivity contribution in [1.82, 2.24) is 15.5 Å². The fraction of sp³-hybridized carbons (Fsp3) is 0.950. The third-order valence-corrected chi connectivity index (χ3v) is 5.32. The molecule has 3 atom stereocenters. The molecule has 0 spiro atoms. The average molecular weight is 512 g/mol. The maximum absolute atomic E-state index is 5.86. The summed E-state index contributed by atoms with van der Waals surface area (Å²) in [4.78, 5) is 6.85. The number of morpholine rings is 1. The first kappa shape index (κ1) is 25.9. The molecule has 3 unspecified atom stereocenters. The molecular formula is C20H41IN4O3. The lowest BCUT2D eigenvalue weighted by Crippen LogP contribution is -2.59. The second-order valence-electron chi connectivity index (χ2n) is 8.49. The van der Waals surface area contributed by atoms with Gasteiger partial charge in [0.1, 0.15) is 0 Å². The Hall–Kier alpha value is -0.160. The molecule has 2 aliphatic heterocycles. The molecule has 0 amide bonds. The topological polar surface area (TPSA) is 67.4 Å². The number of ether oxygens (including phenoxy) is 3. The van der Waals surface area contributed by atoms with Crippen LogP contribution in [0.25, 0.3) is 0 Å². The highest BCUT2D eigenvalue weighted by molar-refractivity contribution is 14.0. The minimum Gasteiger partial charge on any atom is -0.381 e. The summed E-state index contributed by atoms with van der Waals surface area (Å²) in [6.07, 6.45) is 2.66. The van der Waals surface area contributed by atoms with Crippen LogP contribution in [0.1, 0.15) is 40.5 Å². The maximum Gasteiger partial charge on any atom is 0.191 e. The Labute approximate surface area is 188 Å². The Morgan fingerprint density at radius 2 is 1.93 bits per heavy atom. The highest BCUT2D eigenvalue weighted by Crippen LogP contribution is 2.20. The molecule has 8 heteroatoms. The van der Waals surface area contributed by atoms with Crippen molar-refractivity contribution in [2.75, 3.05) is 59.7 Å². The normalized spacial score (nSPS) is 26.8. The monoisotopic (exact) mass is 512 g/mol. The van der Waals surface area contributed by atoms with Crippen LogP contribution in [-0.2, 0) is 14.2 Å². The van der Waals surface area contributed by atoms with Crippen molar-refractivity contribution < 1.29 is 14.2 Å². The van der Waals surface area contributed by atoms with Gasteiger partial charge in [-0.05, 0) is 40.5 Å². The predicted molar refractivity (Wildman–Crippen MR) is 125 cm³/mol. The summed E-state index contributed by atoms with van der Waals surface area (Å²) in [6, 6.07) is 0. The van der Waals surface area contributed by atoms with Crippen molar-refractivity contribution in [2.24, 2.45) is 10.9 Å². The Bertz CT molecular complexity index is 449. The van der Waals surface area contributed by atoms with E-state index in [1.54, 1.807) is 0 Å². The number of hydrogen-bond acceptors (Lipinski definition) is 5. The van der Waals surface area contributed by atoms with Crippen LogP contribution in [0.2, 0.25) is 0 Å². The number of rotatable bonds is 9. The van der Waals surface area contributed by atoms with Crippen LogP contribution in [0.15, 0.2) is 4.99 Å². The van der Waals surface area contributed by atoms with Gasteiger partial charge in [0.25, 0.3) is 0 Å². The maximum atomic E-state index is 5.86. The van der Waals surface area contributed by atoms with Gasteiger partial charge in [-0.25, -0.2) is 0 Å². The number of nitrogens with zero attached hydrogens (tertiary/aromatic N) is 2. The first-order valence-electron chi connectivity index (χ1n) is 10.4. The van der Waals surface area contributed by atoms with Crippen molar-refractivity contribution in [2.45, 2.75) is 58.3 Å². The van der Waals surface area contributed by atoms with E-state index in [1.807, 2.05) is 7.05 Å². The zero-order valence-corrected chi connectivity index (χ0v) is 20.7. The second kappa shape index (κ2) is 13.2. The minimum absolute atomic E-state index is 0. The zero-order valence-electron chi connectivity index (χ0n) is 18.3. The van der Waals surface area contributed by atoms with Crippen LogP contribution in [-0.4, -0.2) is 88.3 Å². The molecule has 28 heavy (non-hydrogen) atoms. The van der Waals surface area contributed by atoms with Gasteiger partial charge in [0.05, 0.1) is 25.4 Å². The van der Waals surface area contributed by atoms with Crippen LogP contribution in [0, 0.1) is 5.92 Å². The van der Waals surface area contributed by atoms with E-state index in [9.17, 15) is 0 Å². The van der Waals surface area contributed by atoms with Crippen LogP contribution < -0.4 is 10.6 Å². The van der Waals surface area contributed by atoms with E-state index in [1.165, 1.54) is 0 Å². The van der Waals surface area contributed by atoms with E-state index in [4.69, 9.17) is 14.2 Å². The molecule has 166 valence electrons. The largest absolute Gasteiger partial charge is 0.381 e. The summed E-state index contributed by atoms with van der Waals surface area (Å²) in [5.74, 6) is 1.43. The molecule has 0 saturated carbocycles. The summed E-state index contributed by atoms with van der Waals surface area (Å²) in [5, 5.41) is 6.85. The molecule has 0 bridgehead atoms. The van der Waals surface area contributed by atoms with Crippen LogP contribution in [0.4, 0.5) is 0 Å². The lowest BCUT2D eigenvalue weighted by atomic mass is 10.00. The van der Waals surface area contributed by atoms with Gasteiger partial charge in [0.15, 0.2) is 5.96 Å². The van der Waals surface area contributed by atoms with Gasteiger partial charge < -0.3 is 24.8 Å². The van der Waals surface area contributed by atoms with Crippen LogP contribution in [0.5, 0.6) is 0 Å². The number of hydrogen-bond donors (Lipinski definition) is 2. The molecule has 2 rings (SSSR count). The Morgan fingerprint density at radius 1 is 1.21 bits per heavy atom. The molecule has 2 heterocycles. The van der Waals surface area contributed by atoms with E-state index in [-0.39, 0.29) is 41.7 Å². The highest BCUT2D eigenvalue weighted by Gasteiger charge is 2.33. The standard InChI is InChI=1S/C20H40N4O3.HI/c1-16-11-24(12-17(2)27-16)20(3,4)15-23-19(21-5)22-8-6-9-25-13-18-7-10-26-14-18;/h16-18H,6-15H2,1-5H3,(H2,21,22,23);1H. The molecule has 0 aliphatic carbocycles. The van der Waals surface area contributed by atoms with Crippen molar-refractivity contribution in [3.05, 3.63) is 0 Å². The predicted octanol–water partition coefficient (Wildman–Crippen LogP) is 2.10. The van der Waals surface area contributed by atoms with Gasteiger partial charge in [-0.15, -0.1) is 24.0 Å². The van der Waals surface area contributed by atoms with Crippen molar-refractivity contribution in [3.8, 4) is 0 Å². The molecular weight excluding hydrogens is 471 g/mol. The first-order chi connectivity index (χ1) is 12.9. The second-order valence-corrected chi connectivity index (χ2v) is 8.49.